The van der Waals surface area contributed by atoms with Crippen LogP contribution in [-0.2, 0) is 15.2 Å². The first-order chi connectivity index (χ1) is 8.18. The Hall–Kier alpha value is -1.27. The van der Waals surface area contributed by atoms with E-state index in [2.05, 4.69) is 0 Å². The predicted octanol–water partition coefficient (Wildman–Crippen LogP) is 3.79. The number of fused-ring (bicyclic) bond motifs is 1. The first-order valence-corrected chi connectivity index (χ1v) is 7.04. The highest BCUT2D eigenvalue weighted by atomic mass is 35.7. The van der Waals surface area contributed by atoms with Gasteiger partial charge in [0, 0.05) is 10.7 Å². The molecule has 0 aromatic heterocycles. The van der Waals surface area contributed by atoms with Crippen LogP contribution in [0.1, 0.15) is 5.56 Å². The Kier molecular flexibility index (Phi) is 3.03. The molecule has 7 heteroatoms. The van der Waals surface area contributed by atoms with Gasteiger partial charge in [0.2, 0.25) is 0 Å². The van der Waals surface area contributed by atoms with E-state index in [9.17, 15) is 21.6 Å². The first kappa shape index (κ1) is 13.2. The van der Waals surface area contributed by atoms with Crippen molar-refractivity contribution in [2.75, 3.05) is 0 Å². The quantitative estimate of drug-likeness (QED) is 0.750. The minimum absolute atomic E-state index is 0.173. The van der Waals surface area contributed by atoms with E-state index < -0.39 is 20.8 Å². The Balaban J connectivity index is 2.68. The van der Waals surface area contributed by atoms with Gasteiger partial charge in [-0.25, -0.2) is 8.42 Å². The molecule has 0 N–H and O–H groups in total. The molecule has 0 aliphatic heterocycles. The van der Waals surface area contributed by atoms with Crippen molar-refractivity contribution in [1.82, 2.24) is 0 Å². The van der Waals surface area contributed by atoms with E-state index in [1.807, 2.05) is 0 Å². The van der Waals surface area contributed by atoms with Crippen LogP contribution in [0.4, 0.5) is 13.2 Å². The molecule has 2 rings (SSSR count). The molecule has 0 radical (unpaired) electrons. The summed E-state index contributed by atoms with van der Waals surface area (Å²) in [4.78, 5) is -0.226. The van der Waals surface area contributed by atoms with Crippen molar-refractivity contribution in [3.05, 3.63) is 42.0 Å². The van der Waals surface area contributed by atoms with Crippen molar-refractivity contribution in [2.45, 2.75) is 11.1 Å². The fourth-order valence-electron chi connectivity index (χ4n) is 1.55. The maximum atomic E-state index is 12.5. The van der Waals surface area contributed by atoms with Gasteiger partial charge in [-0.2, -0.15) is 13.2 Å². The lowest BCUT2D eigenvalue weighted by Gasteiger charge is -2.08. The molecular formula is C11H6ClF3O2S. The first-order valence-electron chi connectivity index (χ1n) is 4.73. The summed E-state index contributed by atoms with van der Waals surface area (Å²) in [6.45, 7) is 0. The molecule has 18 heavy (non-hydrogen) atoms. The third-order valence-electron chi connectivity index (χ3n) is 2.42. The van der Waals surface area contributed by atoms with Gasteiger partial charge in [-0.15, -0.1) is 0 Å². The Bertz CT molecular complexity index is 708. The third kappa shape index (κ3) is 2.59. The molecule has 0 amide bonds. The highest BCUT2D eigenvalue weighted by Gasteiger charge is 2.30. The van der Waals surface area contributed by atoms with Crippen molar-refractivity contribution in [2.24, 2.45) is 0 Å². The van der Waals surface area contributed by atoms with E-state index in [0.717, 1.165) is 18.2 Å². The number of rotatable bonds is 1. The lowest BCUT2D eigenvalue weighted by atomic mass is 10.1. The minimum atomic E-state index is -4.47. The molecule has 0 unspecified atom stereocenters. The maximum absolute atomic E-state index is 12.5. The molecule has 0 atom stereocenters. The Labute approximate surface area is 105 Å². The highest BCUT2D eigenvalue weighted by Crippen LogP contribution is 2.32. The summed E-state index contributed by atoms with van der Waals surface area (Å²) < 4.78 is 59.7. The van der Waals surface area contributed by atoms with Crippen LogP contribution >= 0.6 is 10.7 Å². The Morgan fingerprint density at radius 3 is 2.11 bits per heavy atom. The Morgan fingerprint density at radius 2 is 1.56 bits per heavy atom. The van der Waals surface area contributed by atoms with E-state index in [1.54, 1.807) is 0 Å². The van der Waals surface area contributed by atoms with Crippen molar-refractivity contribution in [3.8, 4) is 0 Å². The van der Waals surface area contributed by atoms with Gasteiger partial charge in [0.25, 0.3) is 9.05 Å². The van der Waals surface area contributed by atoms with E-state index in [0.29, 0.717) is 5.39 Å². The summed E-state index contributed by atoms with van der Waals surface area (Å²) in [6.07, 6.45) is -4.47. The summed E-state index contributed by atoms with van der Waals surface area (Å²) in [6, 6.07) is 6.89. The number of benzene rings is 2. The maximum Gasteiger partial charge on any atom is 0.416 e. The second-order valence-electron chi connectivity index (χ2n) is 3.66. The van der Waals surface area contributed by atoms with Crippen LogP contribution in [0.25, 0.3) is 10.8 Å². The molecule has 0 spiro atoms. The van der Waals surface area contributed by atoms with Crippen LogP contribution in [0.2, 0.25) is 0 Å². The van der Waals surface area contributed by atoms with E-state index in [-0.39, 0.29) is 10.3 Å². The lowest BCUT2D eigenvalue weighted by molar-refractivity contribution is -0.137. The fraction of sp³-hybridized carbons (Fsp3) is 0.0909. The van der Waals surface area contributed by atoms with Gasteiger partial charge in [-0.05, 0) is 35.0 Å². The van der Waals surface area contributed by atoms with Crippen molar-refractivity contribution in [1.29, 1.82) is 0 Å². The van der Waals surface area contributed by atoms with Gasteiger partial charge in [-0.1, -0.05) is 12.1 Å². The van der Waals surface area contributed by atoms with Crippen LogP contribution in [-0.4, -0.2) is 8.42 Å². The van der Waals surface area contributed by atoms with Crippen LogP contribution in [0, 0.1) is 0 Å². The number of halogens is 4. The number of alkyl halides is 3. The van der Waals surface area contributed by atoms with E-state index >= 15 is 0 Å². The van der Waals surface area contributed by atoms with Gasteiger partial charge in [0.15, 0.2) is 0 Å². The highest BCUT2D eigenvalue weighted by molar-refractivity contribution is 8.13. The summed E-state index contributed by atoms with van der Waals surface area (Å²) in [7, 11) is 1.19. The molecule has 2 aromatic rings. The smallest absolute Gasteiger partial charge is 0.207 e. The molecule has 0 aliphatic rings. The number of hydrogen-bond acceptors (Lipinski definition) is 2. The second kappa shape index (κ2) is 4.13. The predicted molar refractivity (Wildman–Crippen MR) is 62.0 cm³/mol. The average Bonchev–Trinajstić information content (AvgIpc) is 2.25. The largest absolute Gasteiger partial charge is 0.416 e. The normalized spacial score (nSPS) is 12.9. The number of hydrogen-bond donors (Lipinski definition) is 0. The molecule has 0 heterocycles. The third-order valence-corrected chi connectivity index (χ3v) is 3.77. The topological polar surface area (TPSA) is 34.1 Å². The fourth-order valence-corrected chi connectivity index (χ4v) is 2.34. The van der Waals surface area contributed by atoms with Gasteiger partial charge in [0.05, 0.1) is 10.5 Å². The zero-order valence-corrected chi connectivity index (χ0v) is 10.3. The molecule has 0 saturated carbocycles. The zero-order chi connectivity index (χ0) is 13.6. The standard InChI is InChI=1S/C11H6ClF3O2S/c12-18(16,17)10-4-2-7-1-3-9(11(13,14)15)5-8(7)6-10/h1-6H. The molecule has 0 bridgehead atoms. The van der Waals surface area contributed by atoms with E-state index in [1.165, 1.54) is 18.2 Å². The molecule has 2 aromatic carbocycles. The van der Waals surface area contributed by atoms with Crippen LogP contribution in [0.5, 0.6) is 0 Å². The molecule has 2 nitrogen and oxygen atoms in total. The Morgan fingerprint density at radius 1 is 0.944 bits per heavy atom. The summed E-state index contributed by atoms with van der Waals surface area (Å²) in [5.74, 6) is 0. The summed E-state index contributed by atoms with van der Waals surface area (Å²) in [5.41, 5.74) is -0.834. The second-order valence-corrected chi connectivity index (χ2v) is 6.23. The van der Waals surface area contributed by atoms with Gasteiger partial charge in [-0.3, -0.25) is 0 Å². The van der Waals surface area contributed by atoms with Gasteiger partial charge >= 0.3 is 6.18 Å². The van der Waals surface area contributed by atoms with E-state index in [4.69, 9.17) is 10.7 Å². The zero-order valence-electron chi connectivity index (χ0n) is 8.70. The SMILES string of the molecule is O=S(=O)(Cl)c1ccc2ccc(C(F)(F)F)cc2c1. The van der Waals surface area contributed by atoms with Gasteiger partial charge < -0.3 is 0 Å². The monoisotopic (exact) mass is 294 g/mol. The molecule has 0 saturated heterocycles. The van der Waals surface area contributed by atoms with Gasteiger partial charge in [0.1, 0.15) is 0 Å². The van der Waals surface area contributed by atoms with Crippen LogP contribution in [0.3, 0.4) is 0 Å². The lowest BCUT2D eigenvalue weighted by Crippen LogP contribution is -2.04. The van der Waals surface area contributed by atoms with Crippen molar-refractivity contribution in [3.63, 3.8) is 0 Å². The summed E-state index contributed by atoms with van der Waals surface area (Å²) in [5, 5.41) is 0.679. The minimum Gasteiger partial charge on any atom is -0.207 e. The van der Waals surface area contributed by atoms with Crippen molar-refractivity contribution >= 4 is 30.5 Å². The molecule has 0 fully saturated rings. The van der Waals surface area contributed by atoms with Crippen molar-refractivity contribution < 1.29 is 21.6 Å². The molecular weight excluding hydrogens is 289 g/mol. The average molecular weight is 295 g/mol. The van der Waals surface area contributed by atoms with Crippen LogP contribution in [0.15, 0.2) is 41.3 Å². The molecule has 96 valence electrons. The van der Waals surface area contributed by atoms with Crippen LogP contribution < -0.4 is 0 Å². The molecule has 0 aliphatic carbocycles. The summed E-state index contributed by atoms with van der Waals surface area (Å²) >= 11 is 0.